The number of carbonyl (C=O) groups is 1. The highest BCUT2D eigenvalue weighted by Crippen LogP contribution is 1.94. The molecule has 0 unspecified atom stereocenters. The van der Waals surface area contributed by atoms with Crippen molar-refractivity contribution >= 4 is 5.97 Å². The lowest BCUT2D eigenvalue weighted by Crippen LogP contribution is -2.18. The minimum atomic E-state index is -0.756. The Labute approximate surface area is 88.3 Å². The van der Waals surface area contributed by atoms with Crippen LogP contribution >= 0.6 is 0 Å². The maximum atomic E-state index is 10.2. The number of hydrogen-bond donors (Lipinski definition) is 2. The van der Waals surface area contributed by atoms with Crippen molar-refractivity contribution in [1.29, 1.82) is 0 Å². The van der Waals surface area contributed by atoms with Gasteiger partial charge in [-0.15, -0.1) is 10.2 Å². The average molecular weight is 212 g/mol. The summed E-state index contributed by atoms with van der Waals surface area (Å²) in [7, 11) is 0. The van der Waals surface area contributed by atoms with Crippen LogP contribution in [0.1, 0.15) is 25.6 Å². The molecular weight excluding hydrogens is 196 g/mol. The van der Waals surface area contributed by atoms with Crippen LogP contribution in [0.2, 0.25) is 0 Å². The Morgan fingerprint density at radius 3 is 3.13 bits per heavy atom. The third-order valence-corrected chi connectivity index (χ3v) is 2.06. The molecule has 0 aliphatic rings. The van der Waals surface area contributed by atoms with E-state index in [-0.39, 0.29) is 6.42 Å². The lowest BCUT2D eigenvalue weighted by Gasteiger charge is -2.04. The highest BCUT2D eigenvalue weighted by molar-refractivity contribution is 5.66. The summed E-state index contributed by atoms with van der Waals surface area (Å²) in [5.74, 6) is 0.126. The number of rotatable bonds is 7. The highest BCUT2D eigenvalue weighted by Gasteiger charge is 2.01. The average Bonchev–Trinajstić information content (AvgIpc) is 2.64. The summed E-state index contributed by atoms with van der Waals surface area (Å²) in [4.78, 5) is 10.2. The molecule has 15 heavy (non-hydrogen) atoms. The first-order valence-corrected chi connectivity index (χ1v) is 5.03. The first kappa shape index (κ1) is 11.6. The number of nitrogens with zero attached hydrogens (tertiary/aromatic N) is 3. The number of aromatic nitrogens is 3. The Morgan fingerprint density at radius 2 is 2.47 bits per heavy atom. The number of aliphatic carboxylic acids is 1. The second-order valence-corrected chi connectivity index (χ2v) is 3.21. The van der Waals surface area contributed by atoms with Crippen molar-refractivity contribution in [2.45, 2.75) is 32.9 Å². The minimum Gasteiger partial charge on any atom is -0.481 e. The van der Waals surface area contributed by atoms with Crippen LogP contribution in [0, 0.1) is 0 Å². The molecule has 6 heteroatoms. The molecule has 1 heterocycles. The van der Waals surface area contributed by atoms with E-state index >= 15 is 0 Å². The summed E-state index contributed by atoms with van der Waals surface area (Å²) in [6.45, 7) is 4.19. The van der Waals surface area contributed by atoms with Crippen LogP contribution in [0.5, 0.6) is 0 Å². The Morgan fingerprint density at radius 1 is 1.67 bits per heavy atom. The van der Waals surface area contributed by atoms with Gasteiger partial charge in [-0.05, 0) is 19.9 Å². The van der Waals surface area contributed by atoms with Crippen LogP contribution in [-0.4, -0.2) is 32.4 Å². The van der Waals surface area contributed by atoms with E-state index in [0.29, 0.717) is 19.5 Å². The van der Waals surface area contributed by atoms with Gasteiger partial charge in [-0.3, -0.25) is 4.79 Å². The number of nitrogens with one attached hydrogen (secondary N) is 1. The van der Waals surface area contributed by atoms with E-state index in [2.05, 4.69) is 15.5 Å². The van der Waals surface area contributed by atoms with Gasteiger partial charge in [0.05, 0.1) is 6.54 Å². The zero-order valence-corrected chi connectivity index (χ0v) is 8.81. The lowest BCUT2D eigenvalue weighted by molar-refractivity contribution is -0.137. The van der Waals surface area contributed by atoms with Gasteiger partial charge in [0.2, 0.25) is 0 Å². The predicted molar refractivity (Wildman–Crippen MR) is 54.3 cm³/mol. The molecule has 0 bridgehead atoms. The van der Waals surface area contributed by atoms with Gasteiger partial charge < -0.3 is 15.0 Å². The Kier molecular flexibility index (Phi) is 4.76. The molecule has 0 saturated heterocycles. The molecular formula is C9H16N4O2. The molecule has 0 radical (unpaired) electrons. The molecule has 2 N–H and O–H groups in total. The van der Waals surface area contributed by atoms with Crippen LogP contribution in [0.4, 0.5) is 0 Å². The van der Waals surface area contributed by atoms with Crippen molar-refractivity contribution in [1.82, 2.24) is 20.1 Å². The molecule has 1 aromatic heterocycles. The van der Waals surface area contributed by atoms with Crippen molar-refractivity contribution in [2.24, 2.45) is 0 Å². The van der Waals surface area contributed by atoms with Gasteiger partial charge in [0.1, 0.15) is 12.2 Å². The molecule has 0 fully saturated rings. The second-order valence-electron chi connectivity index (χ2n) is 3.21. The normalized spacial score (nSPS) is 10.5. The number of carboxylic acids is 1. The van der Waals surface area contributed by atoms with E-state index in [0.717, 1.165) is 12.4 Å². The van der Waals surface area contributed by atoms with E-state index in [1.165, 1.54) is 0 Å². The van der Waals surface area contributed by atoms with Crippen LogP contribution in [0.3, 0.4) is 0 Å². The predicted octanol–water partition coefficient (Wildman–Crippen LogP) is 0.252. The molecule has 6 nitrogen and oxygen atoms in total. The molecule has 84 valence electrons. The standard InChI is InChI=1S/C9H16N4O2/c1-2-13-7-11-12-8(13)6-10-5-3-4-9(14)15/h7,10H,2-6H2,1H3,(H,14,15). The Balaban J connectivity index is 2.17. The third-order valence-electron chi connectivity index (χ3n) is 2.06. The molecule has 0 atom stereocenters. The van der Waals surface area contributed by atoms with Gasteiger partial charge in [0.15, 0.2) is 0 Å². The smallest absolute Gasteiger partial charge is 0.303 e. The summed E-state index contributed by atoms with van der Waals surface area (Å²) in [5, 5.41) is 19.3. The SMILES string of the molecule is CCn1cnnc1CNCCCC(=O)O. The van der Waals surface area contributed by atoms with Crippen molar-refractivity contribution < 1.29 is 9.90 Å². The zero-order valence-electron chi connectivity index (χ0n) is 8.81. The van der Waals surface area contributed by atoms with Crippen LogP contribution in [-0.2, 0) is 17.9 Å². The summed E-state index contributed by atoms with van der Waals surface area (Å²) >= 11 is 0. The van der Waals surface area contributed by atoms with Crippen LogP contribution < -0.4 is 5.32 Å². The Hall–Kier alpha value is -1.43. The fourth-order valence-electron chi connectivity index (χ4n) is 1.24. The molecule has 1 aromatic rings. The van der Waals surface area contributed by atoms with Gasteiger partial charge >= 0.3 is 5.97 Å². The van der Waals surface area contributed by atoms with Gasteiger partial charge in [-0.2, -0.15) is 0 Å². The minimum absolute atomic E-state index is 0.202. The largest absolute Gasteiger partial charge is 0.481 e. The van der Waals surface area contributed by atoms with E-state index in [4.69, 9.17) is 5.11 Å². The number of aryl methyl sites for hydroxylation is 1. The first-order valence-electron chi connectivity index (χ1n) is 5.03. The summed E-state index contributed by atoms with van der Waals surface area (Å²) in [6.07, 6.45) is 2.53. The van der Waals surface area contributed by atoms with Crippen LogP contribution in [0.25, 0.3) is 0 Å². The lowest BCUT2D eigenvalue weighted by atomic mass is 10.3. The van der Waals surface area contributed by atoms with Crippen LogP contribution in [0.15, 0.2) is 6.33 Å². The summed E-state index contributed by atoms with van der Waals surface area (Å²) in [5.41, 5.74) is 0. The van der Waals surface area contributed by atoms with Gasteiger partial charge in [0.25, 0.3) is 0 Å². The van der Waals surface area contributed by atoms with E-state index in [1.54, 1.807) is 6.33 Å². The van der Waals surface area contributed by atoms with Gasteiger partial charge in [-0.25, -0.2) is 0 Å². The van der Waals surface area contributed by atoms with Gasteiger partial charge in [-0.1, -0.05) is 0 Å². The maximum Gasteiger partial charge on any atom is 0.303 e. The number of hydrogen-bond acceptors (Lipinski definition) is 4. The fourth-order valence-corrected chi connectivity index (χ4v) is 1.24. The van der Waals surface area contributed by atoms with Gasteiger partial charge in [0, 0.05) is 13.0 Å². The molecule has 1 rings (SSSR count). The van der Waals surface area contributed by atoms with E-state index in [1.807, 2.05) is 11.5 Å². The number of carboxylic acid groups (broad SMARTS) is 1. The maximum absolute atomic E-state index is 10.2. The van der Waals surface area contributed by atoms with E-state index < -0.39 is 5.97 Å². The van der Waals surface area contributed by atoms with Crippen molar-refractivity contribution in [3.05, 3.63) is 12.2 Å². The summed E-state index contributed by atoms with van der Waals surface area (Å²) < 4.78 is 1.95. The summed E-state index contributed by atoms with van der Waals surface area (Å²) in [6, 6.07) is 0. The van der Waals surface area contributed by atoms with Crippen molar-refractivity contribution in [3.8, 4) is 0 Å². The topological polar surface area (TPSA) is 80.0 Å². The Bertz CT molecular complexity index is 311. The first-order chi connectivity index (χ1) is 7.24. The molecule has 0 aromatic carbocycles. The van der Waals surface area contributed by atoms with Crippen molar-refractivity contribution in [2.75, 3.05) is 6.54 Å². The molecule has 0 spiro atoms. The van der Waals surface area contributed by atoms with E-state index in [9.17, 15) is 4.79 Å². The third kappa shape index (κ3) is 4.07. The quantitative estimate of drug-likeness (QED) is 0.633. The fraction of sp³-hybridized carbons (Fsp3) is 0.667. The highest BCUT2D eigenvalue weighted by atomic mass is 16.4. The zero-order chi connectivity index (χ0) is 11.1. The molecule has 0 amide bonds. The molecule has 0 aliphatic carbocycles. The molecule has 0 saturated carbocycles. The monoisotopic (exact) mass is 212 g/mol. The molecule has 0 aliphatic heterocycles. The second kappa shape index (κ2) is 6.13. The van der Waals surface area contributed by atoms with Crippen molar-refractivity contribution in [3.63, 3.8) is 0 Å².